The summed E-state index contributed by atoms with van der Waals surface area (Å²) in [7, 11) is 1.61. The van der Waals surface area contributed by atoms with E-state index in [0.29, 0.717) is 6.54 Å². The quantitative estimate of drug-likeness (QED) is 0.346. The minimum atomic E-state index is -0.0988. The van der Waals surface area contributed by atoms with Gasteiger partial charge < -0.3 is 14.6 Å². The Morgan fingerprint density at radius 2 is 1.90 bits per heavy atom. The first-order valence-electron chi connectivity index (χ1n) is 9.41. The van der Waals surface area contributed by atoms with E-state index in [9.17, 15) is 4.79 Å². The summed E-state index contributed by atoms with van der Waals surface area (Å²) in [5.41, 5.74) is 2.01. The number of amides is 1. The molecule has 0 saturated heterocycles. The monoisotopic (exact) mass is 440 g/mol. The van der Waals surface area contributed by atoms with Crippen molar-refractivity contribution in [2.24, 2.45) is 0 Å². The Balaban J connectivity index is 1.54. The van der Waals surface area contributed by atoms with Gasteiger partial charge in [0, 0.05) is 18.0 Å². The summed E-state index contributed by atoms with van der Waals surface area (Å²) < 4.78 is 7.14. The van der Waals surface area contributed by atoms with Gasteiger partial charge in [-0.05, 0) is 29.8 Å². The molecule has 0 saturated carbocycles. The number of allylic oxidation sites excluding steroid dienone is 1. The Bertz CT molecular complexity index is 959. The summed E-state index contributed by atoms with van der Waals surface area (Å²) in [5, 5.41) is 12.2. The summed E-state index contributed by atoms with van der Waals surface area (Å²) in [4.78, 5) is 12.3. The molecule has 0 unspecified atom stereocenters. The van der Waals surface area contributed by atoms with Crippen molar-refractivity contribution in [1.29, 1.82) is 0 Å². The van der Waals surface area contributed by atoms with Crippen LogP contribution in [0.2, 0.25) is 0 Å². The molecule has 1 heterocycles. The lowest BCUT2D eigenvalue weighted by atomic mass is 10.2. The first-order chi connectivity index (χ1) is 14.7. The lowest BCUT2D eigenvalue weighted by molar-refractivity contribution is -0.113. The number of carbonyl (C=O) groups excluding carboxylic acids is 1. The second-order valence-electron chi connectivity index (χ2n) is 6.34. The van der Waals surface area contributed by atoms with Crippen LogP contribution in [0.5, 0.6) is 5.75 Å². The number of benzene rings is 2. The first kappa shape index (κ1) is 22.0. The molecule has 3 rings (SSSR count). The van der Waals surface area contributed by atoms with Crippen molar-refractivity contribution < 1.29 is 9.53 Å². The first-order valence-corrected chi connectivity index (χ1v) is 11.5. The van der Waals surface area contributed by atoms with Crippen LogP contribution in [0.3, 0.4) is 0 Å². The summed E-state index contributed by atoms with van der Waals surface area (Å²) >= 11 is 3.15. The SMILES string of the molecule is C=CCn1c(CSCc2ccccc2)nnc1SCC(=O)Nc1ccc(OC)cc1. The van der Waals surface area contributed by atoms with Crippen molar-refractivity contribution in [2.75, 3.05) is 18.2 Å². The molecular weight excluding hydrogens is 416 g/mol. The van der Waals surface area contributed by atoms with Crippen LogP contribution < -0.4 is 10.1 Å². The van der Waals surface area contributed by atoms with Gasteiger partial charge in [0.15, 0.2) is 5.16 Å². The van der Waals surface area contributed by atoms with Crippen molar-refractivity contribution in [2.45, 2.75) is 23.2 Å². The van der Waals surface area contributed by atoms with Crippen LogP contribution in [0.4, 0.5) is 5.69 Å². The molecule has 0 fully saturated rings. The minimum Gasteiger partial charge on any atom is -0.497 e. The van der Waals surface area contributed by atoms with Gasteiger partial charge in [0.25, 0.3) is 0 Å². The largest absolute Gasteiger partial charge is 0.497 e. The van der Waals surface area contributed by atoms with Gasteiger partial charge in [-0.1, -0.05) is 48.2 Å². The molecule has 0 radical (unpaired) electrons. The zero-order valence-corrected chi connectivity index (χ0v) is 18.4. The lowest BCUT2D eigenvalue weighted by Crippen LogP contribution is -2.14. The van der Waals surface area contributed by atoms with Gasteiger partial charge in [-0.15, -0.1) is 28.5 Å². The molecule has 1 amide bonds. The Kier molecular flexibility index (Phi) is 8.41. The third kappa shape index (κ3) is 6.40. The van der Waals surface area contributed by atoms with Crippen molar-refractivity contribution in [3.63, 3.8) is 0 Å². The standard InChI is InChI=1S/C22H24N4O2S2/c1-3-13-26-20(15-29-14-17-7-5-4-6-8-17)24-25-22(26)30-16-21(27)23-18-9-11-19(28-2)12-10-18/h3-12H,1,13-16H2,2H3,(H,23,27). The van der Waals surface area contributed by atoms with Gasteiger partial charge in [0.1, 0.15) is 11.6 Å². The number of rotatable bonds is 11. The van der Waals surface area contributed by atoms with Crippen molar-refractivity contribution in [3.8, 4) is 5.75 Å². The molecule has 0 bridgehead atoms. The van der Waals surface area contributed by atoms with Crippen molar-refractivity contribution in [3.05, 3.63) is 78.6 Å². The molecule has 1 N–H and O–H groups in total. The summed E-state index contributed by atoms with van der Waals surface area (Å²) in [5.74, 6) is 3.44. The Hall–Kier alpha value is -2.71. The highest BCUT2D eigenvalue weighted by molar-refractivity contribution is 7.99. The van der Waals surface area contributed by atoms with Crippen molar-refractivity contribution in [1.82, 2.24) is 14.8 Å². The highest BCUT2D eigenvalue weighted by Gasteiger charge is 2.14. The predicted octanol–water partition coefficient (Wildman–Crippen LogP) is 4.64. The van der Waals surface area contributed by atoms with Gasteiger partial charge in [0.05, 0.1) is 18.6 Å². The van der Waals surface area contributed by atoms with E-state index in [1.54, 1.807) is 18.9 Å². The van der Waals surface area contributed by atoms with Crippen LogP contribution in [-0.2, 0) is 22.8 Å². The van der Waals surface area contributed by atoms with Gasteiger partial charge >= 0.3 is 0 Å². The van der Waals surface area contributed by atoms with Gasteiger partial charge in [0.2, 0.25) is 5.91 Å². The number of nitrogens with zero attached hydrogens (tertiary/aromatic N) is 3. The number of aromatic nitrogens is 3. The molecular formula is C22H24N4O2S2. The number of thioether (sulfide) groups is 2. The van der Waals surface area contributed by atoms with E-state index in [1.165, 1.54) is 17.3 Å². The van der Waals surface area contributed by atoms with E-state index in [-0.39, 0.29) is 11.7 Å². The van der Waals surface area contributed by atoms with Crippen LogP contribution >= 0.6 is 23.5 Å². The molecule has 8 heteroatoms. The molecule has 156 valence electrons. The molecule has 0 atom stereocenters. The van der Waals surface area contributed by atoms with E-state index in [1.807, 2.05) is 53.1 Å². The lowest BCUT2D eigenvalue weighted by Gasteiger charge is -2.08. The van der Waals surface area contributed by atoms with Crippen LogP contribution in [-0.4, -0.2) is 33.5 Å². The van der Waals surface area contributed by atoms with E-state index in [4.69, 9.17) is 4.74 Å². The number of methoxy groups -OCH3 is 1. The fourth-order valence-electron chi connectivity index (χ4n) is 2.68. The summed E-state index contributed by atoms with van der Waals surface area (Å²) in [6.45, 7) is 4.44. The van der Waals surface area contributed by atoms with E-state index in [2.05, 4.69) is 34.2 Å². The number of hydrogen-bond donors (Lipinski definition) is 1. The maximum Gasteiger partial charge on any atom is 0.234 e. The van der Waals surface area contributed by atoms with Crippen LogP contribution in [0.15, 0.2) is 72.4 Å². The topological polar surface area (TPSA) is 69.0 Å². The molecule has 0 aliphatic rings. The van der Waals surface area contributed by atoms with Crippen molar-refractivity contribution >= 4 is 35.1 Å². The Morgan fingerprint density at radius 3 is 2.60 bits per heavy atom. The minimum absolute atomic E-state index is 0.0988. The third-order valence-corrected chi connectivity index (χ3v) is 6.12. The molecule has 30 heavy (non-hydrogen) atoms. The fraction of sp³-hybridized carbons (Fsp3) is 0.227. The number of nitrogens with one attached hydrogen (secondary N) is 1. The number of ether oxygens (including phenoxy) is 1. The van der Waals surface area contributed by atoms with Crippen LogP contribution in [0.25, 0.3) is 0 Å². The van der Waals surface area contributed by atoms with Gasteiger partial charge in [-0.25, -0.2) is 0 Å². The van der Waals surface area contributed by atoms with E-state index < -0.39 is 0 Å². The summed E-state index contributed by atoms with van der Waals surface area (Å²) in [6.07, 6.45) is 1.82. The Morgan fingerprint density at radius 1 is 1.13 bits per heavy atom. The van der Waals surface area contributed by atoms with Gasteiger partial charge in [-0.2, -0.15) is 0 Å². The predicted molar refractivity (Wildman–Crippen MR) is 124 cm³/mol. The number of carbonyl (C=O) groups is 1. The molecule has 2 aromatic carbocycles. The highest BCUT2D eigenvalue weighted by atomic mass is 32.2. The zero-order chi connectivity index (χ0) is 21.2. The smallest absolute Gasteiger partial charge is 0.234 e. The molecule has 3 aromatic rings. The van der Waals surface area contributed by atoms with E-state index >= 15 is 0 Å². The second-order valence-corrected chi connectivity index (χ2v) is 8.27. The maximum absolute atomic E-state index is 12.3. The zero-order valence-electron chi connectivity index (χ0n) is 16.8. The average Bonchev–Trinajstić information content (AvgIpc) is 3.15. The highest BCUT2D eigenvalue weighted by Crippen LogP contribution is 2.22. The molecule has 1 aromatic heterocycles. The number of anilines is 1. The molecule has 0 spiro atoms. The van der Waals surface area contributed by atoms with Crippen LogP contribution in [0.1, 0.15) is 11.4 Å². The average molecular weight is 441 g/mol. The van der Waals surface area contributed by atoms with E-state index in [0.717, 1.165) is 33.9 Å². The third-order valence-electron chi connectivity index (χ3n) is 4.15. The van der Waals surface area contributed by atoms with Crippen LogP contribution in [0, 0.1) is 0 Å². The van der Waals surface area contributed by atoms with Gasteiger partial charge in [-0.3, -0.25) is 4.79 Å². The maximum atomic E-state index is 12.3. The molecule has 0 aliphatic carbocycles. The molecule has 6 nitrogen and oxygen atoms in total. The Labute approximate surface area is 185 Å². The normalized spacial score (nSPS) is 10.6. The summed E-state index contributed by atoms with van der Waals surface area (Å²) in [6, 6.07) is 17.6. The number of hydrogen-bond acceptors (Lipinski definition) is 6. The fourth-order valence-corrected chi connectivity index (χ4v) is 4.37. The second kappa shape index (κ2) is 11.5. The molecule has 0 aliphatic heterocycles.